The number of rotatable bonds is 1. The van der Waals surface area contributed by atoms with Crippen LogP contribution in [0, 0.1) is 5.92 Å². The summed E-state index contributed by atoms with van der Waals surface area (Å²) in [4.78, 5) is 0. The molecule has 0 aromatic carbocycles. The van der Waals surface area contributed by atoms with Crippen molar-refractivity contribution in [2.24, 2.45) is 5.92 Å². The van der Waals surface area contributed by atoms with Gasteiger partial charge < -0.3 is 0 Å². The average molecular weight is 99.2 g/mol. The normalized spacial score (nSPS) is 12.9. The lowest BCUT2D eigenvalue weighted by atomic mass is 10.2. The highest BCUT2D eigenvalue weighted by Crippen LogP contribution is 2.03. The molecule has 0 fully saturated rings. The molecule has 0 saturated heterocycles. The zero-order valence-electron chi connectivity index (χ0n) is 5.06. The first kappa shape index (κ1) is 6.54. The average Bonchev–Trinajstić information content (AvgIpc) is 1.65. The maximum Gasteiger partial charge on any atom is 0.153 e. The molecule has 0 spiro atoms. The smallest absolute Gasteiger partial charge is 0.153 e. The van der Waals surface area contributed by atoms with Gasteiger partial charge in [0.2, 0.25) is 0 Å². The van der Waals surface area contributed by atoms with Crippen LogP contribution in [0.3, 0.4) is 0 Å². The van der Waals surface area contributed by atoms with Crippen molar-refractivity contribution in [2.45, 2.75) is 20.8 Å². The van der Waals surface area contributed by atoms with Crippen molar-refractivity contribution in [3.05, 3.63) is 11.8 Å². The molecule has 0 amide bonds. The standard InChI is InChI=1S/C6H11O/c1-4-6(7)5(2)3/h4-5H,1-3H3/b6-4-. The minimum Gasteiger partial charge on any atom is -0.295 e. The summed E-state index contributed by atoms with van der Waals surface area (Å²) in [5.74, 6) is 0.394. The molecule has 0 saturated carbocycles. The van der Waals surface area contributed by atoms with Crippen molar-refractivity contribution >= 4 is 0 Å². The molecule has 0 N–H and O–H groups in total. The summed E-state index contributed by atoms with van der Waals surface area (Å²) < 4.78 is 0. The molecule has 0 atom stereocenters. The van der Waals surface area contributed by atoms with Crippen LogP contribution < -0.4 is 0 Å². The highest BCUT2D eigenvalue weighted by Gasteiger charge is 1.97. The van der Waals surface area contributed by atoms with Gasteiger partial charge in [-0.05, 0) is 13.0 Å². The van der Waals surface area contributed by atoms with Crippen molar-refractivity contribution in [1.82, 2.24) is 0 Å². The van der Waals surface area contributed by atoms with Crippen LogP contribution in [-0.4, -0.2) is 0 Å². The molecular formula is C6H11O. The second-order valence-electron chi connectivity index (χ2n) is 1.85. The Balaban J connectivity index is 3.56. The number of hydrogen-bond donors (Lipinski definition) is 0. The first-order valence-electron chi connectivity index (χ1n) is 2.51. The van der Waals surface area contributed by atoms with E-state index in [0.717, 1.165) is 0 Å². The van der Waals surface area contributed by atoms with E-state index in [9.17, 15) is 5.11 Å². The van der Waals surface area contributed by atoms with E-state index in [-0.39, 0.29) is 11.7 Å². The zero-order chi connectivity index (χ0) is 5.86. The Morgan fingerprint density at radius 1 is 1.57 bits per heavy atom. The van der Waals surface area contributed by atoms with E-state index in [1.165, 1.54) is 0 Å². The minimum atomic E-state index is 0.171. The van der Waals surface area contributed by atoms with Crippen LogP contribution in [0.25, 0.3) is 0 Å². The van der Waals surface area contributed by atoms with Crippen LogP contribution >= 0.6 is 0 Å². The van der Waals surface area contributed by atoms with Gasteiger partial charge in [0.15, 0.2) is 5.76 Å². The van der Waals surface area contributed by atoms with E-state index in [2.05, 4.69) is 0 Å². The topological polar surface area (TPSA) is 19.9 Å². The second kappa shape index (κ2) is 2.67. The van der Waals surface area contributed by atoms with Crippen molar-refractivity contribution < 1.29 is 5.11 Å². The first-order chi connectivity index (χ1) is 3.18. The quantitative estimate of drug-likeness (QED) is 0.448. The molecule has 0 aliphatic rings. The highest BCUT2D eigenvalue weighted by atomic mass is 16.3. The summed E-state index contributed by atoms with van der Waals surface area (Å²) in [5, 5.41) is 10.5. The van der Waals surface area contributed by atoms with E-state index in [1.807, 2.05) is 13.8 Å². The summed E-state index contributed by atoms with van der Waals surface area (Å²) in [6.45, 7) is 5.55. The van der Waals surface area contributed by atoms with Gasteiger partial charge >= 0.3 is 0 Å². The lowest BCUT2D eigenvalue weighted by molar-refractivity contribution is 0.254. The van der Waals surface area contributed by atoms with Crippen LogP contribution in [0.15, 0.2) is 11.8 Å². The minimum absolute atomic E-state index is 0.171. The van der Waals surface area contributed by atoms with Crippen LogP contribution in [0.2, 0.25) is 0 Å². The van der Waals surface area contributed by atoms with Crippen LogP contribution in [-0.2, 0) is 5.11 Å². The Bertz CT molecular complexity index is 72.2. The summed E-state index contributed by atoms with van der Waals surface area (Å²) in [6, 6.07) is 0. The Labute approximate surface area is 44.7 Å². The summed E-state index contributed by atoms with van der Waals surface area (Å²) >= 11 is 0. The second-order valence-corrected chi connectivity index (χ2v) is 1.85. The van der Waals surface area contributed by atoms with Crippen molar-refractivity contribution in [3.8, 4) is 0 Å². The highest BCUT2D eigenvalue weighted by molar-refractivity contribution is 4.89. The van der Waals surface area contributed by atoms with Crippen LogP contribution in [0.5, 0.6) is 0 Å². The molecule has 0 unspecified atom stereocenters. The van der Waals surface area contributed by atoms with Crippen molar-refractivity contribution in [2.75, 3.05) is 0 Å². The fourth-order valence-electron chi connectivity index (χ4n) is 0.333. The summed E-state index contributed by atoms with van der Waals surface area (Å²) in [7, 11) is 0. The van der Waals surface area contributed by atoms with E-state index >= 15 is 0 Å². The maximum absolute atomic E-state index is 10.5. The first-order valence-corrected chi connectivity index (χ1v) is 2.51. The van der Waals surface area contributed by atoms with E-state index in [0.29, 0.717) is 0 Å². The van der Waals surface area contributed by atoms with Gasteiger partial charge in [-0.25, -0.2) is 0 Å². The summed E-state index contributed by atoms with van der Waals surface area (Å²) in [5.41, 5.74) is 0. The molecule has 0 aromatic heterocycles. The molecule has 0 aliphatic heterocycles. The number of hydrogen-bond acceptors (Lipinski definition) is 0. The molecule has 0 aliphatic carbocycles. The molecule has 0 heterocycles. The van der Waals surface area contributed by atoms with E-state index in [4.69, 9.17) is 0 Å². The molecule has 1 heteroatoms. The molecule has 7 heavy (non-hydrogen) atoms. The van der Waals surface area contributed by atoms with Gasteiger partial charge in [-0.15, -0.1) is 0 Å². The van der Waals surface area contributed by atoms with Crippen LogP contribution in [0.4, 0.5) is 0 Å². The lowest BCUT2D eigenvalue weighted by Crippen LogP contribution is -1.87. The Morgan fingerprint density at radius 2 is 2.00 bits per heavy atom. The van der Waals surface area contributed by atoms with Gasteiger partial charge in [-0.2, -0.15) is 0 Å². The SMILES string of the molecule is C/C=C(\[O])C(C)C. The summed E-state index contributed by atoms with van der Waals surface area (Å²) in [6.07, 6.45) is 1.60. The Kier molecular flexibility index (Phi) is 2.49. The van der Waals surface area contributed by atoms with Crippen molar-refractivity contribution in [3.63, 3.8) is 0 Å². The van der Waals surface area contributed by atoms with E-state index in [1.54, 1.807) is 13.0 Å². The molecule has 1 nitrogen and oxygen atoms in total. The molecular weight excluding hydrogens is 88.1 g/mol. The van der Waals surface area contributed by atoms with Gasteiger partial charge in [0.1, 0.15) is 0 Å². The monoisotopic (exact) mass is 99.1 g/mol. The van der Waals surface area contributed by atoms with Gasteiger partial charge in [0, 0.05) is 5.92 Å². The molecule has 0 rings (SSSR count). The number of allylic oxidation sites excluding steroid dienone is 2. The fraction of sp³-hybridized carbons (Fsp3) is 0.667. The fourth-order valence-corrected chi connectivity index (χ4v) is 0.333. The van der Waals surface area contributed by atoms with Crippen molar-refractivity contribution in [1.29, 1.82) is 0 Å². The largest absolute Gasteiger partial charge is 0.295 e. The van der Waals surface area contributed by atoms with Gasteiger partial charge in [0.05, 0.1) is 0 Å². The van der Waals surface area contributed by atoms with E-state index < -0.39 is 0 Å². The third-order valence-corrected chi connectivity index (χ3v) is 0.854. The molecule has 0 bridgehead atoms. The predicted octanol–water partition coefficient (Wildman–Crippen LogP) is 1.98. The molecule has 0 aromatic rings. The van der Waals surface area contributed by atoms with Crippen LogP contribution in [0.1, 0.15) is 20.8 Å². The third kappa shape index (κ3) is 2.26. The van der Waals surface area contributed by atoms with Gasteiger partial charge in [-0.3, -0.25) is 5.11 Å². The van der Waals surface area contributed by atoms with Gasteiger partial charge in [-0.1, -0.05) is 13.8 Å². The molecule has 1 radical (unpaired) electrons. The Hall–Kier alpha value is -0.460. The Morgan fingerprint density at radius 3 is 2.00 bits per heavy atom. The lowest BCUT2D eigenvalue weighted by Gasteiger charge is -1.94. The van der Waals surface area contributed by atoms with Gasteiger partial charge in [0.25, 0.3) is 0 Å². The maximum atomic E-state index is 10.5. The predicted molar refractivity (Wildman–Crippen MR) is 29.3 cm³/mol. The third-order valence-electron chi connectivity index (χ3n) is 0.854. The molecule has 41 valence electrons. The zero-order valence-corrected chi connectivity index (χ0v) is 5.06.